The van der Waals surface area contributed by atoms with Crippen LogP contribution in [0.15, 0.2) is 23.1 Å². The molecule has 1 atom stereocenters. The van der Waals surface area contributed by atoms with Crippen molar-refractivity contribution in [3.05, 3.63) is 33.0 Å². The summed E-state index contributed by atoms with van der Waals surface area (Å²) in [5.74, 6) is 0. The minimum atomic E-state index is -0.415. The molecule has 1 aromatic heterocycles. The third kappa shape index (κ3) is 2.83. The van der Waals surface area contributed by atoms with E-state index in [0.717, 1.165) is 17.7 Å². The van der Waals surface area contributed by atoms with Crippen molar-refractivity contribution in [2.75, 3.05) is 0 Å². The lowest BCUT2D eigenvalue weighted by molar-refractivity contribution is 0.180. The maximum Gasteiger partial charge on any atom is 0.0933 e. The molecule has 1 unspecified atom stereocenters. The van der Waals surface area contributed by atoms with E-state index >= 15 is 0 Å². The van der Waals surface area contributed by atoms with E-state index in [9.17, 15) is 5.11 Å². The Kier molecular flexibility index (Phi) is 3.84. The second kappa shape index (κ2) is 5.15. The summed E-state index contributed by atoms with van der Waals surface area (Å²) in [6.45, 7) is 0. The van der Waals surface area contributed by atoms with Crippen molar-refractivity contribution in [1.29, 1.82) is 0 Å². The molecular weight excluding hydrogens is 228 g/mol. The van der Waals surface area contributed by atoms with Gasteiger partial charge in [-0.2, -0.15) is 0 Å². The molecule has 0 aromatic carbocycles. The average Bonchev–Trinajstić information content (AvgIpc) is 2.66. The highest BCUT2D eigenvalue weighted by Crippen LogP contribution is 2.34. The van der Waals surface area contributed by atoms with Gasteiger partial charge in [-0.25, -0.2) is 0 Å². The van der Waals surface area contributed by atoms with Crippen molar-refractivity contribution in [1.82, 2.24) is 0 Å². The lowest BCUT2D eigenvalue weighted by Gasteiger charge is -2.16. The minimum Gasteiger partial charge on any atom is -0.387 e. The monoisotopic (exact) mass is 242 g/mol. The molecule has 1 aliphatic carbocycles. The fourth-order valence-corrected chi connectivity index (χ4v) is 3.14. The molecule has 0 spiro atoms. The van der Waals surface area contributed by atoms with Crippen LogP contribution in [0, 0.1) is 0 Å². The van der Waals surface area contributed by atoms with Crippen molar-refractivity contribution in [3.63, 3.8) is 0 Å². The second-order valence-electron chi connectivity index (χ2n) is 3.96. The second-order valence-corrected chi connectivity index (χ2v) is 5.32. The van der Waals surface area contributed by atoms with Gasteiger partial charge in [-0.15, -0.1) is 11.3 Å². The van der Waals surface area contributed by atoms with E-state index in [1.165, 1.54) is 36.2 Å². The topological polar surface area (TPSA) is 20.2 Å². The van der Waals surface area contributed by atoms with E-state index in [-0.39, 0.29) is 0 Å². The first-order valence-corrected chi connectivity index (χ1v) is 6.62. The number of allylic oxidation sites excluding steroid dienone is 1. The number of rotatable bonds is 3. The average molecular weight is 243 g/mol. The van der Waals surface area contributed by atoms with Crippen LogP contribution >= 0.6 is 22.9 Å². The van der Waals surface area contributed by atoms with Crippen molar-refractivity contribution >= 4 is 22.9 Å². The smallest absolute Gasteiger partial charge is 0.0933 e. The molecule has 1 aromatic rings. The van der Waals surface area contributed by atoms with Crippen molar-refractivity contribution in [3.8, 4) is 0 Å². The molecular formula is C12H15ClOS. The van der Waals surface area contributed by atoms with Gasteiger partial charge in [0, 0.05) is 0 Å². The molecule has 0 radical (unpaired) electrons. The molecule has 15 heavy (non-hydrogen) atoms. The molecule has 1 nitrogen and oxygen atoms in total. The van der Waals surface area contributed by atoms with Gasteiger partial charge >= 0.3 is 0 Å². The Labute approximate surface area is 99.4 Å². The molecule has 0 saturated carbocycles. The fraction of sp³-hybridized carbons (Fsp3) is 0.500. The molecule has 0 saturated heterocycles. The third-order valence-electron chi connectivity index (χ3n) is 2.79. The number of halogens is 1. The molecule has 82 valence electrons. The van der Waals surface area contributed by atoms with Crippen molar-refractivity contribution < 1.29 is 5.11 Å². The highest BCUT2D eigenvalue weighted by molar-refractivity contribution is 7.10. The first-order chi connectivity index (χ1) is 7.27. The first kappa shape index (κ1) is 11.2. The fourth-order valence-electron chi connectivity index (χ4n) is 1.97. The van der Waals surface area contributed by atoms with E-state index in [1.54, 1.807) is 0 Å². The zero-order valence-electron chi connectivity index (χ0n) is 8.58. The summed E-state index contributed by atoms with van der Waals surface area (Å²) in [5.41, 5.74) is 1.39. The van der Waals surface area contributed by atoms with Crippen LogP contribution in [0.25, 0.3) is 0 Å². The van der Waals surface area contributed by atoms with E-state index in [2.05, 4.69) is 6.08 Å². The summed E-state index contributed by atoms with van der Waals surface area (Å²) >= 11 is 7.52. The van der Waals surface area contributed by atoms with Gasteiger partial charge in [0.1, 0.15) is 0 Å². The van der Waals surface area contributed by atoms with Crippen LogP contribution in [-0.4, -0.2) is 5.11 Å². The summed E-state index contributed by atoms with van der Waals surface area (Å²) in [4.78, 5) is 0.906. The molecule has 0 fully saturated rings. The Balaban J connectivity index is 2.00. The van der Waals surface area contributed by atoms with Crippen LogP contribution in [0.4, 0.5) is 0 Å². The lowest BCUT2D eigenvalue weighted by atomic mass is 9.95. The Morgan fingerprint density at radius 2 is 2.33 bits per heavy atom. The van der Waals surface area contributed by atoms with Crippen LogP contribution in [0.1, 0.15) is 43.1 Å². The normalized spacial score (nSPS) is 18.7. The first-order valence-electron chi connectivity index (χ1n) is 5.36. The number of hydrogen-bond acceptors (Lipinski definition) is 2. The third-order valence-corrected chi connectivity index (χ3v) is 4.25. The van der Waals surface area contributed by atoms with Gasteiger partial charge in [-0.05, 0) is 43.6 Å². The zero-order chi connectivity index (χ0) is 10.7. The number of hydrogen-bond donors (Lipinski definition) is 1. The van der Waals surface area contributed by atoms with Crippen molar-refractivity contribution in [2.45, 2.75) is 38.2 Å². The highest BCUT2D eigenvalue weighted by Gasteiger charge is 2.15. The van der Waals surface area contributed by atoms with Crippen molar-refractivity contribution in [2.24, 2.45) is 0 Å². The maximum absolute atomic E-state index is 10.0. The van der Waals surface area contributed by atoms with Gasteiger partial charge < -0.3 is 5.11 Å². The Bertz CT molecular complexity index is 356. The Morgan fingerprint density at radius 1 is 1.47 bits per heavy atom. The molecule has 0 bridgehead atoms. The molecule has 3 heteroatoms. The summed E-state index contributed by atoms with van der Waals surface area (Å²) in [6.07, 6.45) is 7.46. The minimum absolute atomic E-state index is 0.415. The number of thiophene rings is 1. The van der Waals surface area contributed by atoms with E-state index in [0.29, 0.717) is 5.02 Å². The van der Waals surface area contributed by atoms with E-state index < -0.39 is 6.10 Å². The summed E-state index contributed by atoms with van der Waals surface area (Å²) in [5, 5.41) is 12.7. The summed E-state index contributed by atoms with van der Waals surface area (Å²) < 4.78 is 0. The van der Waals surface area contributed by atoms with Crippen LogP contribution in [0.2, 0.25) is 5.02 Å². The molecule has 1 heterocycles. The molecule has 2 rings (SSSR count). The van der Waals surface area contributed by atoms with Gasteiger partial charge in [0.25, 0.3) is 0 Å². The summed E-state index contributed by atoms with van der Waals surface area (Å²) in [6, 6.07) is 1.85. The standard InChI is InChI=1S/C12H15ClOS/c13-10-6-7-15-12(10)11(14)8-9-4-2-1-3-5-9/h4,6-7,11,14H,1-3,5,8H2. The Morgan fingerprint density at radius 3 is 2.93 bits per heavy atom. The van der Waals surface area contributed by atoms with E-state index in [4.69, 9.17) is 11.6 Å². The van der Waals surface area contributed by atoms with Crippen LogP contribution in [0.5, 0.6) is 0 Å². The SMILES string of the molecule is OC(CC1=CCCCC1)c1sccc1Cl. The summed E-state index contributed by atoms with van der Waals surface area (Å²) in [7, 11) is 0. The van der Waals surface area contributed by atoms with Crippen LogP contribution in [-0.2, 0) is 0 Å². The Hall–Kier alpha value is -0.310. The predicted molar refractivity (Wildman–Crippen MR) is 65.5 cm³/mol. The molecule has 0 amide bonds. The predicted octanol–water partition coefficient (Wildman–Crippen LogP) is 4.33. The number of aliphatic hydroxyl groups excluding tert-OH is 1. The van der Waals surface area contributed by atoms with E-state index in [1.807, 2.05) is 11.4 Å². The zero-order valence-corrected chi connectivity index (χ0v) is 10.2. The van der Waals surface area contributed by atoms with Gasteiger partial charge in [0.05, 0.1) is 16.0 Å². The van der Waals surface area contributed by atoms with Gasteiger partial charge in [0.2, 0.25) is 0 Å². The molecule has 1 N–H and O–H groups in total. The number of aliphatic hydroxyl groups is 1. The van der Waals surface area contributed by atoms with Gasteiger partial charge in [0.15, 0.2) is 0 Å². The van der Waals surface area contributed by atoms with Gasteiger partial charge in [-0.1, -0.05) is 23.3 Å². The molecule has 1 aliphatic rings. The maximum atomic E-state index is 10.0. The van der Waals surface area contributed by atoms with Crippen LogP contribution < -0.4 is 0 Å². The largest absolute Gasteiger partial charge is 0.387 e. The quantitative estimate of drug-likeness (QED) is 0.783. The molecule has 0 aliphatic heterocycles. The van der Waals surface area contributed by atoms with Crippen LogP contribution in [0.3, 0.4) is 0 Å². The lowest BCUT2D eigenvalue weighted by Crippen LogP contribution is -2.00. The van der Waals surface area contributed by atoms with Gasteiger partial charge in [-0.3, -0.25) is 0 Å². The highest BCUT2D eigenvalue weighted by atomic mass is 35.5.